The molecule has 4 aromatic rings. The molecule has 0 saturated heterocycles. The van der Waals surface area contributed by atoms with E-state index in [1.54, 1.807) is 0 Å². The van der Waals surface area contributed by atoms with Crippen LogP contribution in [0.5, 0.6) is 0 Å². The first kappa shape index (κ1) is 17.6. The molecule has 2 aromatic heterocycles. The molecule has 0 fully saturated rings. The average Bonchev–Trinajstić information content (AvgIpc) is 3.10. The highest BCUT2D eigenvalue weighted by molar-refractivity contribution is 7.99. The Kier molecular flexibility index (Phi) is 5.09. The van der Waals surface area contributed by atoms with Crippen LogP contribution in [0, 0.1) is 0 Å². The van der Waals surface area contributed by atoms with Gasteiger partial charge in [-0.15, -0.1) is 11.8 Å². The molecule has 0 atom stereocenters. The second-order valence-electron chi connectivity index (χ2n) is 6.22. The van der Waals surface area contributed by atoms with Crippen molar-refractivity contribution in [2.24, 2.45) is 5.73 Å². The summed E-state index contributed by atoms with van der Waals surface area (Å²) in [6.07, 6.45) is 4.62. The molecule has 27 heavy (non-hydrogen) atoms. The number of rotatable bonds is 6. The number of benzene rings is 2. The minimum Gasteiger partial charge on any atom is -0.383 e. The van der Waals surface area contributed by atoms with E-state index in [9.17, 15) is 0 Å². The standard InChI is InChI=1S/C21H21N5S/c22-11-4-12-27-17-9-7-16(8-10-17)26-13-18(15-5-2-1-3-6-15)19-20(23)24-14-25-21(19)26/h1-3,5-10,13-14H,4,11-12,22H2,(H2,23,24,25). The quantitative estimate of drug-likeness (QED) is 0.391. The monoisotopic (exact) mass is 375 g/mol. The Morgan fingerprint density at radius 3 is 2.48 bits per heavy atom. The van der Waals surface area contributed by atoms with Crippen molar-refractivity contribution in [3.8, 4) is 16.8 Å². The van der Waals surface area contributed by atoms with Crippen LogP contribution in [0.2, 0.25) is 0 Å². The van der Waals surface area contributed by atoms with Gasteiger partial charge >= 0.3 is 0 Å². The topological polar surface area (TPSA) is 82.8 Å². The van der Waals surface area contributed by atoms with Gasteiger partial charge in [0.2, 0.25) is 0 Å². The Balaban J connectivity index is 1.77. The molecule has 0 spiro atoms. The molecule has 0 aliphatic rings. The number of hydrogen-bond donors (Lipinski definition) is 2. The van der Waals surface area contributed by atoms with E-state index in [0.29, 0.717) is 5.82 Å². The van der Waals surface area contributed by atoms with E-state index in [0.717, 1.165) is 46.6 Å². The smallest absolute Gasteiger partial charge is 0.150 e. The van der Waals surface area contributed by atoms with Crippen molar-refractivity contribution in [3.63, 3.8) is 0 Å². The zero-order valence-corrected chi connectivity index (χ0v) is 15.7. The Morgan fingerprint density at radius 2 is 1.74 bits per heavy atom. The van der Waals surface area contributed by atoms with E-state index in [1.807, 2.05) is 30.0 Å². The lowest BCUT2D eigenvalue weighted by atomic mass is 10.1. The van der Waals surface area contributed by atoms with Gasteiger partial charge in [-0.25, -0.2) is 9.97 Å². The van der Waals surface area contributed by atoms with E-state index < -0.39 is 0 Å². The molecule has 0 amide bonds. The van der Waals surface area contributed by atoms with Gasteiger partial charge in [0.05, 0.1) is 5.39 Å². The molecule has 0 unspecified atom stereocenters. The van der Waals surface area contributed by atoms with E-state index in [2.05, 4.69) is 57.1 Å². The molecule has 2 heterocycles. The molecule has 0 radical (unpaired) electrons. The highest BCUT2D eigenvalue weighted by Gasteiger charge is 2.15. The van der Waals surface area contributed by atoms with Crippen LogP contribution in [-0.2, 0) is 0 Å². The van der Waals surface area contributed by atoms with Crippen molar-refractivity contribution in [2.75, 3.05) is 18.0 Å². The maximum Gasteiger partial charge on any atom is 0.150 e. The molecular weight excluding hydrogens is 354 g/mol. The van der Waals surface area contributed by atoms with Gasteiger partial charge in [0.25, 0.3) is 0 Å². The minimum absolute atomic E-state index is 0.492. The summed E-state index contributed by atoms with van der Waals surface area (Å²) in [5, 5.41) is 0.880. The normalized spacial score (nSPS) is 11.1. The van der Waals surface area contributed by atoms with Gasteiger partial charge < -0.3 is 16.0 Å². The molecule has 6 heteroatoms. The second-order valence-corrected chi connectivity index (χ2v) is 7.39. The number of fused-ring (bicyclic) bond motifs is 1. The Labute approximate surface area is 162 Å². The maximum atomic E-state index is 6.20. The largest absolute Gasteiger partial charge is 0.383 e. The van der Waals surface area contributed by atoms with Crippen LogP contribution in [0.1, 0.15) is 6.42 Å². The van der Waals surface area contributed by atoms with Crippen molar-refractivity contribution in [3.05, 3.63) is 67.1 Å². The summed E-state index contributed by atoms with van der Waals surface area (Å²) in [5.74, 6) is 1.52. The predicted molar refractivity (Wildman–Crippen MR) is 113 cm³/mol. The molecule has 136 valence electrons. The molecule has 5 nitrogen and oxygen atoms in total. The SMILES string of the molecule is NCCCSc1ccc(-n2cc(-c3ccccc3)c3c(N)ncnc32)cc1. The number of nitrogens with zero attached hydrogens (tertiary/aromatic N) is 3. The molecule has 2 aromatic carbocycles. The number of hydrogen-bond acceptors (Lipinski definition) is 5. The molecule has 0 aliphatic carbocycles. The summed E-state index contributed by atoms with van der Waals surface area (Å²) >= 11 is 1.82. The third-order valence-corrected chi connectivity index (χ3v) is 5.53. The third kappa shape index (κ3) is 3.54. The maximum absolute atomic E-state index is 6.20. The molecule has 4 rings (SSSR count). The van der Waals surface area contributed by atoms with Crippen molar-refractivity contribution < 1.29 is 0 Å². The lowest BCUT2D eigenvalue weighted by molar-refractivity contribution is 0.943. The lowest BCUT2D eigenvalue weighted by Gasteiger charge is -2.06. The summed E-state index contributed by atoms with van der Waals surface area (Å²) in [5.41, 5.74) is 15.8. The Morgan fingerprint density at radius 1 is 0.963 bits per heavy atom. The number of aromatic nitrogens is 3. The Hall–Kier alpha value is -2.83. The van der Waals surface area contributed by atoms with E-state index >= 15 is 0 Å². The van der Waals surface area contributed by atoms with Crippen LogP contribution in [0.25, 0.3) is 27.8 Å². The highest BCUT2D eigenvalue weighted by atomic mass is 32.2. The predicted octanol–water partition coefficient (Wildman–Crippen LogP) is 4.11. The number of nitrogen functional groups attached to an aromatic ring is 1. The van der Waals surface area contributed by atoms with Gasteiger partial charge in [-0.05, 0) is 48.5 Å². The first-order chi connectivity index (χ1) is 13.3. The summed E-state index contributed by atoms with van der Waals surface area (Å²) < 4.78 is 2.07. The van der Waals surface area contributed by atoms with Gasteiger partial charge in [0.15, 0.2) is 5.65 Å². The fraction of sp³-hybridized carbons (Fsp3) is 0.143. The molecule has 4 N–H and O–H groups in total. The van der Waals surface area contributed by atoms with E-state index in [4.69, 9.17) is 11.5 Å². The number of nitrogens with two attached hydrogens (primary N) is 2. The van der Waals surface area contributed by atoms with Crippen molar-refractivity contribution in [1.82, 2.24) is 14.5 Å². The Bertz CT molecular complexity index is 1040. The molecular formula is C21H21N5S. The van der Waals surface area contributed by atoms with Crippen LogP contribution in [0.4, 0.5) is 5.82 Å². The lowest BCUT2D eigenvalue weighted by Crippen LogP contribution is -1.99. The van der Waals surface area contributed by atoms with Crippen molar-refractivity contribution in [2.45, 2.75) is 11.3 Å². The van der Waals surface area contributed by atoms with Crippen LogP contribution < -0.4 is 11.5 Å². The van der Waals surface area contributed by atoms with Gasteiger partial charge in [-0.2, -0.15) is 0 Å². The van der Waals surface area contributed by atoms with Crippen molar-refractivity contribution in [1.29, 1.82) is 0 Å². The zero-order chi connectivity index (χ0) is 18.6. The summed E-state index contributed by atoms with van der Waals surface area (Å²) in [6, 6.07) is 18.7. The first-order valence-corrected chi connectivity index (χ1v) is 9.87. The third-order valence-electron chi connectivity index (χ3n) is 4.43. The number of thioether (sulfide) groups is 1. The van der Waals surface area contributed by atoms with Crippen molar-refractivity contribution >= 4 is 28.6 Å². The van der Waals surface area contributed by atoms with Gasteiger partial charge in [-0.1, -0.05) is 30.3 Å². The van der Waals surface area contributed by atoms with Crippen LogP contribution in [0.3, 0.4) is 0 Å². The fourth-order valence-electron chi connectivity index (χ4n) is 3.10. The second kappa shape index (κ2) is 7.82. The van der Waals surface area contributed by atoms with E-state index in [-0.39, 0.29) is 0 Å². The highest BCUT2D eigenvalue weighted by Crippen LogP contribution is 2.34. The van der Waals surface area contributed by atoms with Gasteiger partial charge in [0, 0.05) is 22.3 Å². The molecule has 0 saturated carbocycles. The minimum atomic E-state index is 0.492. The molecule has 0 bridgehead atoms. The van der Waals surface area contributed by atoms with Gasteiger partial charge in [-0.3, -0.25) is 0 Å². The van der Waals surface area contributed by atoms with Crippen LogP contribution in [0.15, 0.2) is 72.0 Å². The summed E-state index contributed by atoms with van der Waals surface area (Å²) in [4.78, 5) is 9.93. The first-order valence-electron chi connectivity index (χ1n) is 8.88. The van der Waals surface area contributed by atoms with Crippen LogP contribution >= 0.6 is 11.8 Å². The summed E-state index contributed by atoms with van der Waals surface area (Å²) in [7, 11) is 0. The van der Waals surface area contributed by atoms with Gasteiger partial charge in [0.1, 0.15) is 12.1 Å². The number of anilines is 1. The van der Waals surface area contributed by atoms with E-state index in [1.165, 1.54) is 11.2 Å². The average molecular weight is 376 g/mol. The zero-order valence-electron chi connectivity index (χ0n) is 14.9. The fourth-order valence-corrected chi connectivity index (χ4v) is 3.97. The van der Waals surface area contributed by atoms with Crippen LogP contribution in [-0.4, -0.2) is 26.8 Å². The summed E-state index contributed by atoms with van der Waals surface area (Å²) in [6.45, 7) is 0.726. The molecule has 0 aliphatic heterocycles.